The molecule has 0 aliphatic rings. The highest BCUT2D eigenvalue weighted by Gasteiger charge is 1.88. The van der Waals surface area contributed by atoms with Crippen LogP contribution in [0.1, 0.15) is 48.5 Å². The molecule has 0 aliphatic heterocycles. The van der Waals surface area contributed by atoms with Crippen molar-refractivity contribution < 1.29 is 4.79 Å². The molecule has 0 spiro atoms. The third kappa shape index (κ3) is 4.46. The molecule has 1 nitrogen and oxygen atoms in total. The lowest BCUT2D eigenvalue weighted by Crippen LogP contribution is -1.79. The molecule has 0 amide bonds. The van der Waals surface area contributed by atoms with Crippen molar-refractivity contribution in [2.45, 2.75) is 32.6 Å². The molecule has 0 bridgehead atoms. The van der Waals surface area contributed by atoms with Crippen LogP contribution in [-0.4, -0.2) is 6.29 Å². The summed E-state index contributed by atoms with van der Waals surface area (Å²) in [5.41, 5.74) is 1.68. The molecule has 15 heavy (non-hydrogen) atoms. The van der Waals surface area contributed by atoms with Crippen LogP contribution in [0.2, 0.25) is 0 Å². The molecule has 0 unspecified atom stereocenters. The van der Waals surface area contributed by atoms with E-state index >= 15 is 0 Å². The number of benzene rings is 1. The molecule has 1 rings (SSSR count). The summed E-state index contributed by atoms with van der Waals surface area (Å²) in [5, 5.41) is 0. The van der Waals surface area contributed by atoms with Gasteiger partial charge in [0.05, 0.1) is 0 Å². The molecule has 0 heterocycles. The second kappa shape index (κ2) is 6.84. The third-order valence-corrected chi connectivity index (χ3v) is 2.18. The molecule has 1 aromatic rings. The van der Waals surface area contributed by atoms with Crippen molar-refractivity contribution in [3.8, 4) is 11.8 Å². The largest absolute Gasteiger partial charge is 0.298 e. The van der Waals surface area contributed by atoms with Gasteiger partial charge < -0.3 is 0 Å². The standard InChI is InChI=1S/C14H16O/c1-2-3-4-5-6-7-13-8-10-14(12-15)11-9-13/h8-12H,2-5H2,1H3. The van der Waals surface area contributed by atoms with Crippen LogP contribution in [0.5, 0.6) is 0 Å². The van der Waals surface area contributed by atoms with E-state index in [2.05, 4.69) is 18.8 Å². The normalized spacial score (nSPS) is 9.13. The van der Waals surface area contributed by atoms with Crippen LogP contribution < -0.4 is 0 Å². The van der Waals surface area contributed by atoms with Crippen molar-refractivity contribution in [3.63, 3.8) is 0 Å². The van der Waals surface area contributed by atoms with E-state index in [4.69, 9.17) is 0 Å². The van der Waals surface area contributed by atoms with Gasteiger partial charge in [0.25, 0.3) is 0 Å². The molecule has 0 atom stereocenters. The zero-order valence-corrected chi connectivity index (χ0v) is 9.12. The van der Waals surface area contributed by atoms with Gasteiger partial charge in [-0.1, -0.05) is 43.7 Å². The lowest BCUT2D eigenvalue weighted by atomic mass is 10.1. The van der Waals surface area contributed by atoms with E-state index in [0.717, 1.165) is 18.3 Å². The summed E-state index contributed by atoms with van der Waals surface area (Å²) in [6, 6.07) is 7.36. The smallest absolute Gasteiger partial charge is 0.150 e. The Morgan fingerprint density at radius 1 is 1.20 bits per heavy atom. The van der Waals surface area contributed by atoms with E-state index < -0.39 is 0 Å². The topological polar surface area (TPSA) is 17.1 Å². The highest BCUT2D eigenvalue weighted by atomic mass is 16.1. The molecule has 0 N–H and O–H groups in total. The predicted molar refractivity (Wildman–Crippen MR) is 62.8 cm³/mol. The summed E-state index contributed by atoms with van der Waals surface area (Å²) in [7, 11) is 0. The molecule has 0 aromatic heterocycles. The van der Waals surface area contributed by atoms with Gasteiger partial charge in [-0.3, -0.25) is 4.79 Å². The number of hydrogen-bond donors (Lipinski definition) is 0. The van der Waals surface area contributed by atoms with Gasteiger partial charge in [0, 0.05) is 17.5 Å². The first-order valence-electron chi connectivity index (χ1n) is 5.41. The Morgan fingerprint density at radius 3 is 2.53 bits per heavy atom. The van der Waals surface area contributed by atoms with Crippen LogP contribution in [0, 0.1) is 11.8 Å². The van der Waals surface area contributed by atoms with E-state index in [-0.39, 0.29) is 0 Å². The van der Waals surface area contributed by atoms with E-state index in [1.165, 1.54) is 19.3 Å². The molecule has 0 saturated carbocycles. The monoisotopic (exact) mass is 200 g/mol. The second-order valence-electron chi connectivity index (χ2n) is 3.50. The summed E-state index contributed by atoms with van der Waals surface area (Å²) < 4.78 is 0. The maximum atomic E-state index is 10.4. The summed E-state index contributed by atoms with van der Waals surface area (Å²) in [6.07, 6.45) is 5.46. The summed E-state index contributed by atoms with van der Waals surface area (Å²) in [4.78, 5) is 10.4. The van der Waals surface area contributed by atoms with Gasteiger partial charge in [-0.15, -0.1) is 0 Å². The van der Waals surface area contributed by atoms with Gasteiger partial charge in [0.1, 0.15) is 6.29 Å². The van der Waals surface area contributed by atoms with Gasteiger partial charge >= 0.3 is 0 Å². The SMILES string of the molecule is CCCCCC#Cc1ccc(C=O)cc1. The zero-order chi connectivity index (χ0) is 10.9. The Hall–Kier alpha value is -1.55. The lowest BCUT2D eigenvalue weighted by molar-refractivity contribution is 0.112. The average Bonchev–Trinajstić information content (AvgIpc) is 2.30. The Bertz CT molecular complexity index is 351. The van der Waals surface area contributed by atoms with Crippen molar-refractivity contribution in [2.75, 3.05) is 0 Å². The highest BCUT2D eigenvalue weighted by Crippen LogP contribution is 2.01. The first kappa shape index (κ1) is 11.5. The summed E-state index contributed by atoms with van der Waals surface area (Å²) >= 11 is 0. The van der Waals surface area contributed by atoms with Crippen molar-refractivity contribution in [1.29, 1.82) is 0 Å². The van der Waals surface area contributed by atoms with Gasteiger partial charge in [-0.05, 0) is 18.6 Å². The maximum Gasteiger partial charge on any atom is 0.150 e. The Labute approximate surface area is 91.5 Å². The first-order valence-corrected chi connectivity index (χ1v) is 5.41. The van der Waals surface area contributed by atoms with Gasteiger partial charge in [0.15, 0.2) is 0 Å². The van der Waals surface area contributed by atoms with Crippen LogP contribution in [0.25, 0.3) is 0 Å². The molecule has 0 aliphatic carbocycles. The average molecular weight is 200 g/mol. The highest BCUT2D eigenvalue weighted by molar-refractivity contribution is 5.74. The first-order chi connectivity index (χ1) is 7.36. The molecule has 1 heteroatoms. The van der Waals surface area contributed by atoms with E-state index in [9.17, 15) is 4.79 Å². The number of carbonyl (C=O) groups excluding carboxylic acids is 1. The summed E-state index contributed by atoms with van der Waals surface area (Å²) in [6.45, 7) is 2.19. The molecular formula is C14H16O. The Kier molecular flexibility index (Phi) is 5.25. The summed E-state index contributed by atoms with van der Waals surface area (Å²) in [5.74, 6) is 6.22. The van der Waals surface area contributed by atoms with Crippen molar-refractivity contribution in [3.05, 3.63) is 35.4 Å². The van der Waals surface area contributed by atoms with Crippen LogP contribution in [0.4, 0.5) is 0 Å². The molecule has 78 valence electrons. The minimum absolute atomic E-state index is 0.700. The van der Waals surface area contributed by atoms with Crippen LogP contribution in [0.3, 0.4) is 0 Å². The van der Waals surface area contributed by atoms with E-state index in [1.54, 1.807) is 12.1 Å². The van der Waals surface area contributed by atoms with Crippen molar-refractivity contribution in [2.24, 2.45) is 0 Å². The Morgan fingerprint density at radius 2 is 1.93 bits per heavy atom. The predicted octanol–water partition coefficient (Wildman–Crippen LogP) is 3.43. The van der Waals surface area contributed by atoms with Gasteiger partial charge in [0.2, 0.25) is 0 Å². The molecule has 0 radical (unpaired) electrons. The lowest BCUT2D eigenvalue weighted by Gasteiger charge is -1.91. The number of unbranched alkanes of at least 4 members (excludes halogenated alkanes) is 3. The molecule has 0 saturated heterocycles. The van der Waals surface area contributed by atoms with Crippen LogP contribution in [-0.2, 0) is 0 Å². The fourth-order valence-corrected chi connectivity index (χ4v) is 1.27. The second-order valence-corrected chi connectivity index (χ2v) is 3.50. The van der Waals surface area contributed by atoms with E-state index in [1.807, 2.05) is 12.1 Å². The third-order valence-electron chi connectivity index (χ3n) is 2.18. The number of carbonyl (C=O) groups is 1. The van der Waals surface area contributed by atoms with Gasteiger partial charge in [-0.25, -0.2) is 0 Å². The van der Waals surface area contributed by atoms with Crippen molar-refractivity contribution in [1.82, 2.24) is 0 Å². The minimum Gasteiger partial charge on any atom is -0.298 e. The number of hydrogen-bond acceptors (Lipinski definition) is 1. The van der Waals surface area contributed by atoms with E-state index in [0.29, 0.717) is 5.56 Å². The van der Waals surface area contributed by atoms with Gasteiger partial charge in [-0.2, -0.15) is 0 Å². The van der Waals surface area contributed by atoms with Crippen LogP contribution >= 0.6 is 0 Å². The molecule has 0 fully saturated rings. The Balaban J connectivity index is 2.45. The minimum atomic E-state index is 0.700. The molecule has 1 aromatic carbocycles. The number of rotatable bonds is 4. The van der Waals surface area contributed by atoms with Crippen molar-refractivity contribution >= 4 is 6.29 Å². The number of aldehydes is 1. The van der Waals surface area contributed by atoms with Crippen LogP contribution in [0.15, 0.2) is 24.3 Å². The fraction of sp³-hybridized carbons (Fsp3) is 0.357. The molecular weight excluding hydrogens is 184 g/mol. The maximum absolute atomic E-state index is 10.4. The quantitative estimate of drug-likeness (QED) is 0.413. The fourth-order valence-electron chi connectivity index (χ4n) is 1.27. The zero-order valence-electron chi connectivity index (χ0n) is 9.12.